The van der Waals surface area contributed by atoms with Crippen LogP contribution in [0.3, 0.4) is 0 Å². The molecule has 160 valence electrons. The Kier molecular flexibility index (Phi) is 7.38. The molecule has 0 radical (unpaired) electrons. The van der Waals surface area contributed by atoms with Crippen molar-refractivity contribution in [3.63, 3.8) is 0 Å². The number of hydrogen-bond donors (Lipinski definition) is 1. The van der Waals surface area contributed by atoms with Crippen molar-refractivity contribution >= 4 is 63.8 Å². The molecule has 31 heavy (non-hydrogen) atoms. The highest BCUT2D eigenvalue weighted by atomic mass is 35.5. The van der Waals surface area contributed by atoms with Crippen LogP contribution < -0.4 is 5.32 Å². The molecule has 0 spiro atoms. The standard InChI is InChI=1S/C22H16Cl3NO4S/c1-11(12-6-8-13(9-7-12)22(29)30-2)26-21(28)17-16(19(24)31-20(17)25)18(27)14-4-3-5-15(23)10-14/h3-11H,1-2H3,(H,26,28)/t11-/m0/s1. The molecule has 0 saturated carbocycles. The Morgan fingerprint density at radius 3 is 2.19 bits per heavy atom. The first-order valence-electron chi connectivity index (χ1n) is 9.00. The van der Waals surface area contributed by atoms with Crippen LogP contribution in [0.15, 0.2) is 48.5 Å². The molecule has 1 aromatic heterocycles. The number of ether oxygens (including phenoxy) is 1. The number of rotatable bonds is 6. The first-order valence-corrected chi connectivity index (χ1v) is 10.9. The van der Waals surface area contributed by atoms with Crippen LogP contribution >= 0.6 is 46.1 Å². The number of nitrogens with one attached hydrogen (secondary N) is 1. The van der Waals surface area contributed by atoms with Gasteiger partial charge >= 0.3 is 5.97 Å². The van der Waals surface area contributed by atoms with E-state index in [4.69, 9.17) is 34.8 Å². The number of benzene rings is 2. The Morgan fingerprint density at radius 2 is 1.58 bits per heavy atom. The third-order valence-electron chi connectivity index (χ3n) is 4.54. The predicted molar refractivity (Wildman–Crippen MR) is 123 cm³/mol. The van der Waals surface area contributed by atoms with Crippen molar-refractivity contribution in [3.8, 4) is 0 Å². The van der Waals surface area contributed by atoms with Crippen LogP contribution in [0.5, 0.6) is 0 Å². The van der Waals surface area contributed by atoms with Gasteiger partial charge < -0.3 is 10.1 Å². The largest absolute Gasteiger partial charge is 0.465 e. The molecule has 1 amide bonds. The van der Waals surface area contributed by atoms with Crippen molar-refractivity contribution in [1.82, 2.24) is 5.32 Å². The first-order chi connectivity index (χ1) is 14.7. The van der Waals surface area contributed by atoms with Crippen molar-refractivity contribution in [2.24, 2.45) is 0 Å². The predicted octanol–water partition coefficient (Wildman–Crippen LogP) is 6.22. The molecule has 3 rings (SSSR count). The molecule has 0 aliphatic rings. The minimum absolute atomic E-state index is 0.0136. The molecular weight excluding hydrogens is 481 g/mol. The van der Waals surface area contributed by atoms with Gasteiger partial charge in [-0.2, -0.15) is 0 Å². The molecule has 1 heterocycles. The van der Waals surface area contributed by atoms with E-state index >= 15 is 0 Å². The van der Waals surface area contributed by atoms with Crippen molar-refractivity contribution in [2.45, 2.75) is 13.0 Å². The van der Waals surface area contributed by atoms with E-state index in [0.29, 0.717) is 16.1 Å². The quantitative estimate of drug-likeness (QED) is 0.325. The van der Waals surface area contributed by atoms with Gasteiger partial charge in [-0.25, -0.2) is 4.79 Å². The van der Waals surface area contributed by atoms with Gasteiger partial charge in [0.15, 0.2) is 5.78 Å². The second-order valence-electron chi connectivity index (χ2n) is 6.55. The number of esters is 1. The lowest BCUT2D eigenvalue weighted by Gasteiger charge is -2.15. The lowest BCUT2D eigenvalue weighted by atomic mass is 10.0. The average molecular weight is 497 g/mol. The summed E-state index contributed by atoms with van der Waals surface area (Å²) in [6.07, 6.45) is 0. The molecule has 9 heteroatoms. The summed E-state index contributed by atoms with van der Waals surface area (Å²) in [5.74, 6) is -1.44. The fourth-order valence-electron chi connectivity index (χ4n) is 2.93. The van der Waals surface area contributed by atoms with Crippen molar-refractivity contribution < 1.29 is 19.1 Å². The maximum atomic E-state index is 13.0. The third kappa shape index (κ3) is 5.10. The molecule has 0 saturated heterocycles. The highest BCUT2D eigenvalue weighted by Gasteiger charge is 2.28. The summed E-state index contributed by atoms with van der Waals surface area (Å²) < 4.78 is 4.91. The van der Waals surface area contributed by atoms with Gasteiger partial charge in [0, 0.05) is 10.6 Å². The highest BCUT2D eigenvalue weighted by Crippen LogP contribution is 2.38. The van der Waals surface area contributed by atoms with E-state index in [1.54, 1.807) is 49.4 Å². The summed E-state index contributed by atoms with van der Waals surface area (Å²) in [6, 6.07) is 12.6. The molecule has 0 unspecified atom stereocenters. The van der Waals surface area contributed by atoms with Gasteiger partial charge in [0.05, 0.1) is 29.8 Å². The second kappa shape index (κ2) is 9.83. The zero-order chi connectivity index (χ0) is 22.7. The molecule has 1 atom stereocenters. The summed E-state index contributed by atoms with van der Waals surface area (Å²) in [6.45, 7) is 1.77. The van der Waals surface area contributed by atoms with Crippen LogP contribution in [0.25, 0.3) is 0 Å². The molecule has 2 aromatic carbocycles. The van der Waals surface area contributed by atoms with E-state index in [1.165, 1.54) is 13.2 Å². The van der Waals surface area contributed by atoms with Crippen molar-refractivity contribution in [1.29, 1.82) is 0 Å². The smallest absolute Gasteiger partial charge is 0.337 e. The molecule has 0 aliphatic heterocycles. The van der Waals surface area contributed by atoms with Gasteiger partial charge in [0.1, 0.15) is 8.67 Å². The number of amides is 1. The van der Waals surface area contributed by atoms with Gasteiger partial charge in [-0.15, -0.1) is 11.3 Å². The first kappa shape index (κ1) is 23.3. The Bertz CT molecular complexity index is 1160. The Labute approximate surface area is 197 Å². The molecule has 0 aliphatic carbocycles. The summed E-state index contributed by atoms with van der Waals surface area (Å²) in [5.41, 5.74) is 1.49. The van der Waals surface area contributed by atoms with E-state index in [2.05, 4.69) is 10.1 Å². The van der Waals surface area contributed by atoms with E-state index < -0.39 is 23.7 Å². The SMILES string of the molecule is COC(=O)c1ccc([C@H](C)NC(=O)c2c(Cl)sc(Cl)c2C(=O)c2cccc(Cl)c2)cc1. The van der Waals surface area contributed by atoms with Crippen LogP contribution in [0, 0.1) is 0 Å². The molecule has 0 bridgehead atoms. The summed E-state index contributed by atoms with van der Waals surface area (Å²) in [7, 11) is 1.30. The van der Waals surface area contributed by atoms with Crippen LogP contribution in [-0.2, 0) is 4.74 Å². The van der Waals surface area contributed by atoms with Crippen LogP contribution in [0.4, 0.5) is 0 Å². The number of carbonyl (C=O) groups is 3. The van der Waals surface area contributed by atoms with E-state index in [0.717, 1.165) is 16.9 Å². The number of carbonyl (C=O) groups excluding carboxylic acids is 3. The van der Waals surface area contributed by atoms with E-state index in [1.807, 2.05) is 0 Å². The summed E-state index contributed by atoms with van der Waals surface area (Å²) >= 11 is 19.4. The zero-order valence-electron chi connectivity index (χ0n) is 16.4. The van der Waals surface area contributed by atoms with Gasteiger partial charge in [-0.05, 0) is 36.8 Å². The Balaban J connectivity index is 1.87. The summed E-state index contributed by atoms with van der Waals surface area (Å²) in [4.78, 5) is 37.6. The van der Waals surface area contributed by atoms with E-state index in [-0.39, 0.29) is 19.8 Å². The topological polar surface area (TPSA) is 72.5 Å². The van der Waals surface area contributed by atoms with Crippen LogP contribution in [0.1, 0.15) is 55.2 Å². The third-order valence-corrected chi connectivity index (χ3v) is 6.39. The van der Waals surface area contributed by atoms with Crippen molar-refractivity contribution in [2.75, 3.05) is 7.11 Å². The zero-order valence-corrected chi connectivity index (χ0v) is 19.5. The fourth-order valence-corrected chi connectivity index (χ4v) is 4.82. The van der Waals surface area contributed by atoms with Crippen molar-refractivity contribution in [3.05, 3.63) is 90.0 Å². The fraction of sp³-hybridized carbons (Fsp3) is 0.136. The number of halogens is 3. The highest BCUT2D eigenvalue weighted by molar-refractivity contribution is 7.20. The maximum Gasteiger partial charge on any atom is 0.337 e. The average Bonchev–Trinajstić information content (AvgIpc) is 3.06. The number of hydrogen-bond acceptors (Lipinski definition) is 5. The van der Waals surface area contributed by atoms with Crippen LogP contribution in [0.2, 0.25) is 13.7 Å². The van der Waals surface area contributed by atoms with Gasteiger partial charge in [0.2, 0.25) is 0 Å². The second-order valence-corrected chi connectivity index (χ2v) is 9.21. The molecule has 3 aromatic rings. The molecule has 1 N–H and O–H groups in total. The monoisotopic (exact) mass is 495 g/mol. The maximum absolute atomic E-state index is 13.0. The summed E-state index contributed by atoms with van der Waals surface area (Å²) in [5, 5.41) is 3.20. The molecular formula is C22H16Cl3NO4S. The molecule has 5 nitrogen and oxygen atoms in total. The van der Waals surface area contributed by atoms with E-state index in [9.17, 15) is 14.4 Å². The lowest BCUT2D eigenvalue weighted by molar-refractivity contribution is 0.0600. The number of thiophene rings is 1. The van der Waals surface area contributed by atoms with Gasteiger partial charge in [-0.1, -0.05) is 59.1 Å². The Morgan fingerprint density at radius 1 is 0.935 bits per heavy atom. The lowest BCUT2D eigenvalue weighted by Crippen LogP contribution is -2.28. The normalized spacial score (nSPS) is 11.6. The van der Waals surface area contributed by atoms with Gasteiger partial charge in [0.25, 0.3) is 5.91 Å². The minimum Gasteiger partial charge on any atom is -0.465 e. The Hall–Kier alpha value is -2.38. The van der Waals surface area contributed by atoms with Crippen LogP contribution in [-0.4, -0.2) is 24.8 Å². The number of ketones is 1. The van der Waals surface area contributed by atoms with Gasteiger partial charge in [-0.3, -0.25) is 9.59 Å². The molecule has 0 fully saturated rings. The number of methoxy groups -OCH3 is 1. The minimum atomic E-state index is -0.539.